The van der Waals surface area contributed by atoms with Crippen LogP contribution >= 0.6 is 0 Å². The monoisotopic (exact) mass is 278 g/mol. The first kappa shape index (κ1) is 14.3. The fourth-order valence-corrected chi connectivity index (χ4v) is 1.89. The molecule has 1 aliphatic rings. The third kappa shape index (κ3) is 3.27. The molecule has 1 heterocycles. The molecule has 6 heteroatoms. The van der Waals surface area contributed by atoms with E-state index in [9.17, 15) is 9.59 Å². The van der Waals surface area contributed by atoms with Crippen LogP contribution in [0.2, 0.25) is 0 Å². The lowest BCUT2D eigenvalue weighted by Crippen LogP contribution is -2.28. The minimum absolute atomic E-state index is 0.00205. The number of rotatable bonds is 4. The maximum absolute atomic E-state index is 12.2. The number of hydrogen-bond donors (Lipinski definition) is 1. The molecule has 0 saturated carbocycles. The number of anilines is 1. The van der Waals surface area contributed by atoms with Crippen LogP contribution in [0.5, 0.6) is 5.75 Å². The van der Waals surface area contributed by atoms with E-state index in [1.54, 1.807) is 30.1 Å². The molecule has 2 rings (SSSR count). The summed E-state index contributed by atoms with van der Waals surface area (Å²) in [5, 5.41) is 2.69. The minimum Gasteiger partial charge on any atom is -0.491 e. The lowest BCUT2D eigenvalue weighted by Gasteiger charge is -2.13. The Labute approximate surface area is 117 Å². The van der Waals surface area contributed by atoms with Crippen molar-refractivity contribution in [2.75, 3.05) is 38.7 Å². The van der Waals surface area contributed by atoms with Crippen molar-refractivity contribution in [1.29, 1.82) is 0 Å². The minimum atomic E-state index is -0.248. The van der Waals surface area contributed by atoms with Gasteiger partial charge in [-0.2, -0.15) is 0 Å². The number of carbonyl (C=O) groups excluding carboxylic acids is 2. The van der Waals surface area contributed by atoms with E-state index in [0.29, 0.717) is 36.8 Å². The summed E-state index contributed by atoms with van der Waals surface area (Å²) in [6.07, 6.45) is 0. The molecule has 0 atom stereocenters. The fourth-order valence-electron chi connectivity index (χ4n) is 1.89. The fraction of sp³-hybridized carbons (Fsp3) is 0.429. The van der Waals surface area contributed by atoms with Crippen LogP contribution in [0.25, 0.3) is 0 Å². The first-order valence-corrected chi connectivity index (χ1v) is 6.51. The number of amides is 2. The number of benzene rings is 1. The zero-order chi connectivity index (χ0) is 14.5. The molecular weight excluding hydrogens is 260 g/mol. The SMILES string of the molecule is CCOCC(=O)Nc1ccc2c(c1)C(=O)N(C)CCO2. The molecule has 1 aromatic rings. The van der Waals surface area contributed by atoms with Gasteiger partial charge in [0.05, 0.1) is 12.1 Å². The van der Waals surface area contributed by atoms with Gasteiger partial charge in [-0.1, -0.05) is 0 Å². The summed E-state index contributed by atoms with van der Waals surface area (Å²) in [5.41, 5.74) is 1.01. The van der Waals surface area contributed by atoms with E-state index in [1.807, 2.05) is 6.92 Å². The van der Waals surface area contributed by atoms with Crippen LogP contribution in [0, 0.1) is 0 Å². The Morgan fingerprint density at radius 1 is 1.50 bits per heavy atom. The van der Waals surface area contributed by atoms with E-state index in [2.05, 4.69) is 5.32 Å². The van der Waals surface area contributed by atoms with Gasteiger partial charge in [0.25, 0.3) is 5.91 Å². The van der Waals surface area contributed by atoms with Gasteiger partial charge < -0.3 is 19.7 Å². The van der Waals surface area contributed by atoms with Crippen molar-refractivity contribution in [2.24, 2.45) is 0 Å². The van der Waals surface area contributed by atoms with E-state index in [0.717, 1.165) is 0 Å². The predicted molar refractivity (Wildman–Crippen MR) is 74.0 cm³/mol. The van der Waals surface area contributed by atoms with Crippen LogP contribution in [0.3, 0.4) is 0 Å². The van der Waals surface area contributed by atoms with Gasteiger partial charge in [-0.25, -0.2) is 0 Å². The molecule has 0 spiro atoms. The zero-order valence-electron chi connectivity index (χ0n) is 11.6. The van der Waals surface area contributed by atoms with Crippen molar-refractivity contribution in [1.82, 2.24) is 4.90 Å². The third-order valence-corrected chi connectivity index (χ3v) is 2.96. The highest BCUT2D eigenvalue weighted by Gasteiger charge is 2.21. The number of ether oxygens (including phenoxy) is 2. The summed E-state index contributed by atoms with van der Waals surface area (Å²) in [5.74, 6) is 0.183. The normalized spacial score (nSPS) is 14.3. The smallest absolute Gasteiger partial charge is 0.257 e. The summed E-state index contributed by atoms with van der Waals surface area (Å²) in [4.78, 5) is 25.3. The van der Waals surface area contributed by atoms with Crippen LogP contribution in [-0.4, -0.2) is 50.1 Å². The van der Waals surface area contributed by atoms with Gasteiger partial charge in [-0.3, -0.25) is 9.59 Å². The van der Waals surface area contributed by atoms with Crippen molar-refractivity contribution in [3.8, 4) is 5.75 Å². The van der Waals surface area contributed by atoms with Gasteiger partial charge >= 0.3 is 0 Å². The lowest BCUT2D eigenvalue weighted by molar-refractivity contribution is -0.120. The Hall–Kier alpha value is -2.08. The largest absolute Gasteiger partial charge is 0.491 e. The summed E-state index contributed by atoms with van der Waals surface area (Å²) >= 11 is 0. The molecule has 20 heavy (non-hydrogen) atoms. The highest BCUT2D eigenvalue weighted by atomic mass is 16.5. The Bertz CT molecular complexity index is 516. The molecule has 0 aromatic heterocycles. The summed E-state index contributed by atoms with van der Waals surface area (Å²) in [7, 11) is 1.72. The van der Waals surface area contributed by atoms with Crippen LogP contribution in [0.15, 0.2) is 18.2 Å². The third-order valence-electron chi connectivity index (χ3n) is 2.96. The lowest BCUT2D eigenvalue weighted by atomic mass is 10.1. The molecule has 1 aliphatic heterocycles. The van der Waals surface area contributed by atoms with Gasteiger partial charge in [0.15, 0.2) is 0 Å². The van der Waals surface area contributed by atoms with Gasteiger partial charge in [-0.15, -0.1) is 0 Å². The molecule has 1 aromatic carbocycles. The van der Waals surface area contributed by atoms with Crippen LogP contribution in [0.4, 0.5) is 5.69 Å². The molecule has 2 amide bonds. The average molecular weight is 278 g/mol. The molecule has 6 nitrogen and oxygen atoms in total. The maximum atomic E-state index is 12.2. The molecule has 108 valence electrons. The Morgan fingerprint density at radius 3 is 3.05 bits per heavy atom. The highest BCUT2D eigenvalue weighted by molar-refractivity contribution is 5.99. The standard InChI is InChI=1S/C14H18N2O4/c1-3-19-9-13(17)15-10-4-5-12-11(8-10)14(18)16(2)6-7-20-12/h4-5,8H,3,6-7,9H2,1-2H3,(H,15,17). The van der Waals surface area contributed by atoms with E-state index < -0.39 is 0 Å². The van der Waals surface area contributed by atoms with Gasteiger partial charge in [0, 0.05) is 19.3 Å². The molecule has 0 aliphatic carbocycles. The Kier molecular flexibility index (Phi) is 4.57. The molecular formula is C14H18N2O4. The van der Waals surface area contributed by atoms with Crippen LogP contribution in [-0.2, 0) is 9.53 Å². The van der Waals surface area contributed by atoms with E-state index in [1.165, 1.54) is 0 Å². The molecule has 1 N–H and O–H groups in total. The van der Waals surface area contributed by atoms with E-state index in [4.69, 9.17) is 9.47 Å². The molecule has 0 unspecified atom stereocenters. The van der Waals surface area contributed by atoms with Crippen molar-refractivity contribution in [2.45, 2.75) is 6.92 Å². The first-order valence-electron chi connectivity index (χ1n) is 6.51. The maximum Gasteiger partial charge on any atom is 0.257 e. The van der Waals surface area contributed by atoms with Gasteiger partial charge in [0.1, 0.15) is 19.0 Å². The average Bonchev–Trinajstić information content (AvgIpc) is 2.57. The van der Waals surface area contributed by atoms with Crippen LogP contribution < -0.4 is 10.1 Å². The summed E-state index contributed by atoms with van der Waals surface area (Å²) in [6.45, 7) is 3.30. The number of nitrogens with one attached hydrogen (secondary N) is 1. The van der Waals surface area contributed by atoms with Gasteiger partial charge in [-0.05, 0) is 25.1 Å². The second kappa shape index (κ2) is 6.38. The quantitative estimate of drug-likeness (QED) is 0.896. The van der Waals surface area contributed by atoms with Gasteiger partial charge in [0.2, 0.25) is 5.91 Å². The number of nitrogens with zero attached hydrogens (tertiary/aromatic N) is 1. The molecule has 0 radical (unpaired) electrons. The first-order chi connectivity index (χ1) is 9.61. The second-order valence-electron chi connectivity index (χ2n) is 4.47. The van der Waals surface area contributed by atoms with Crippen molar-refractivity contribution < 1.29 is 19.1 Å². The highest BCUT2D eigenvalue weighted by Crippen LogP contribution is 2.26. The van der Waals surface area contributed by atoms with Crippen molar-refractivity contribution in [3.63, 3.8) is 0 Å². The topological polar surface area (TPSA) is 67.9 Å². The number of carbonyl (C=O) groups is 2. The van der Waals surface area contributed by atoms with Crippen molar-refractivity contribution in [3.05, 3.63) is 23.8 Å². The molecule has 0 saturated heterocycles. The predicted octanol–water partition coefficient (Wildman–Crippen LogP) is 1.13. The number of likely N-dealkylation sites (N-methyl/N-ethyl adjacent to an activating group) is 1. The molecule has 0 bridgehead atoms. The Morgan fingerprint density at radius 2 is 2.30 bits per heavy atom. The zero-order valence-corrected chi connectivity index (χ0v) is 11.6. The second-order valence-corrected chi connectivity index (χ2v) is 4.47. The summed E-state index contributed by atoms with van der Waals surface area (Å²) < 4.78 is 10.5. The molecule has 0 fully saturated rings. The number of hydrogen-bond acceptors (Lipinski definition) is 4. The van der Waals surface area contributed by atoms with E-state index in [-0.39, 0.29) is 18.4 Å². The number of fused-ring (bicyclic) bond motifs is 1. The van der Waals surface area contributed by atoms with E-state index >= 15 is 0 Å². The Balaban J connectivity index is 2.16. The van der Waals surface area contributed by atoms with Crippen molar-refractivity contribution >= 4 is 17.5 Å². The van der Waals surface area contributed by atoms with Crippen LogP contribution in [0.1, 0.15) is 17.3 Å². The summed E-state index contributed by atoms with van der Waals surface area (Å²) in [6, 6.07) is 5.04.